The fraction of sp³-hybridized carbons (Fsp3) is 0.100. The van der Waals surface area contributed by atoms with Crippen LogP contribution >= 0.6 is 0 Å². The Balaban J connectivity index is 1.79. The predicted molar refractivity (Wildman–Crippen MR) is 94.7 cm³/mol. The molecule has 0 saturated carbocycles. The lowest BCUT2D eigenvalue weighted by Gasteiger charge is -2.09. The lowest BCUT2D eigenvalue weighted by molar-refractivity contribution is 0.0599. The molecule has 0 radical (unpaired) electrons. The standard InChI is InChI=1S/C20H15NO6/c1-3-10-21-17(22)15-9-6-13(11-16(15)18(21)23)20(25)27-14-7-4-12(5-8-14)19(24)26-2/h3-9,11H,1,10H2,2H3. The van der Waals surface area contributed by atoms with Crippen molar-refractivity contribution in [1.82, 2.24) is 4.90 Å². The molecule has 0 spiro atoms. The van der Waals surface area contributed by atoms with Gasteiger partial charge in [0.2, 0.25) is 0 Å². The van der Waals surface area contributed by atoms with Gasteiger partial charge < -0.3 is 9.47 Å². The van der Waals surface area contributed by atoms with E-state index in [4.69, 9.17) is 4.74 Å². The van der Waals surface area contributed by atoms with Gasteiger partial charge in [-0.3, -0.25) is 14.5 Å². The van der Waals surface area contributed by atoms with E-state index >= 15 is 0 Å². The van der Waals surface area contributed by atoms with Crippen molar-refractivity contribution in [2.75, 3.05) is 13.7 Å². The molecule has 0 atom stereocenters. The van der Waals surface area contributed by atoms with Crippen LogP contribution in [-0.4, -0.2) is 42.3 Å². The van der Waals surface area contributed by atoms with Gasteiger partial charge in [-0.1, -0.05) is 6.08 Å². The predicted octanol–water partition coefficient (Wildman–Crippen LogP) is 2.47. The Bertz CT molecular complexity index is 961. The van der Waals surface area contributed by atoms with Crippen molar-refractivity contribution in [2.24, 2.45) is 0 Å². The molecular formula is C20H15NO6. The Morgan fingerprint density at radius 1 is 0.963 bits per heavy atom. The Morgan fingerprint density at radius 2 is 1.59 bits per heavy atom. The summed E-state index contributed by atoms with van der Waals surface area (Å²) in [4.78, 5) is 49.3. The number of methoxy groups -OCH3 is 1. The monoisotopic (exact) mass is 365 g/mol. The number of esters is 2. The average molecular weight is 365 g/mol. The number of carbonyl (C=O) groups excluding carboxylic acids is 4. The maximum absolute atomic E-state index is 12.3. The number of ether oxygens (including phenoxy) is 2. The quantitative estimate of drug-likeness (QED) is 0.350. The summed E-state index contributed by atoms with van der Waals surface area (Å²) in [5.41, 5.74) is 0.840. The summed E-state index contributed by atoms with van der Waals surface area (Å²) >= 11 is 0. The normalized spacial score (nSPS) is 12.6. The first-order valence-corrected chi connectivity index (χ1v) is 7.98. The Hall–Kier alpha value is -3.74. The topological polar surface area (TPSA) is 90.0 Å². The number of rotatable bonds is 5. The fourth-order valence-electron chi connectivity index (χ4n) is 2.66. The molecule has 1 aliphatic heterocycles. The first-order chi connectivity index (χ1) is 13.0. The summed E-state index contributed by atoms with van der Waals surface area (Å²) in [5, 5.41) is 0. The fourth-order valence-corrected chi connectivity index (χ4v) is 2.66. The zero-order valence-electron chi connectivity index (χ0n) is 14.4. The summed E-state index contributed by atoms with van der Waals surface area (Å²) in [6.07, 6.45) is 1.45. The Labute approximate surface area is 154 Å². The molecule has 2 amide bonds. The lowest BCUT2D eigenvalue weighted by Crippen LogP contribution is -2.29. The molecule has 0 saturated heterocycles. The van der Waals surface area contributed by atoms with E-state index in [0.717, 1.165) is 4.90 Å². The molecule has 0 N–H and O–H groups in total. The summed E-state index contributed by atoms with van der Waals surface area (Å²) in [6, 6.07) is 10.0. The highest BCUT2D eigenvalue weighted by Crippen LogP contribution is 2.24. The van der Waals surface area contributed by atoms with E-state index in [1.807, 2.05) is 0 Å². The molecule has 0 unspecified atom stereocenters. The van der Waals surface area contributed by atoms with Gasteiger partial charge in [-0.05, 0) is 42.5 Å². The first kappa shape index (κ1) is 18.1. The van der Waals surface area contributed by atoms with Gasteiger partial charge in [0.25, 0.3) is 11.8 Å². The van der Waals surface area contributed by atoms with Crippen molar-refractivity contribution < 1.29 is 28.7 Å². The van der Waals surface area contributed by atoms with Crippen LogP contribution in [0.1, 0.15) is 41.4 Å². The van der Waals surface area contributed by atoms with Crippen molar-refractivity contribution in [1.29, 1.82) is 0 Å². The number of nitrogens with zero attached hydrogens (tertiary/aromatic N) is 1. The van der Waals surface area contributed by atoms with E-state index in [1.54, 1.807) is 0 Å². The summed E-state index contributed by atoms with van der Waals surface area (Å²) in [5.74, 6) is -1.87. The molecule has 0 aliphatic carbocycles. The summed E-state index contributed by atoms with van der Waals surface area (Å²) in [7, 11) is 1.27. The number of hydrogen-bond donors (Lipinski definition) is 0. The minimum atomic E-state index is -0.689. The lowest BCUT2D eigenvalue weighted by atomic mass is 10.1. The largest absolute Gasteiger partial charge is 0.465 e. The van der Waals surface area contributed by atoms with Gasteiger partial charge in [-0.25, -0.2) is 9.59 Å². The van der Waals surface area contributed by atoms with E-state index in [1.165, 1.54) is 55.7 Å². The molecular weight excluding hydrogens is 350 g/mol. The van der Waals surface area contributed by atoms with Crippen LogP contribution in [0, 0.1) is 0 Å². The van der Waals surface area contributed by atoms with Crippen LogP contribution in [0.3, 0.4) is 0 Å². The van der Waals surface area contributed by atoms with E-state index in [2.05, 4.69) is 11.3 Å². The van der Waals surface area contributed by atoms with Gasteiger partial charge >= 0.3 is 11.9 Å². The third-order valence-electron chi connectivity index (χ3n) is 4.00. The molecule has 3 rings (SSSR count). The number of imide groups is 1. The second-order valence-corrected chi connectivity index (χ2v) is 5.68. The number of amides is 2. The first-order valence-electron chi connectivity index (χ1n) is 7.98. The van der Waals surface area contributed by atoms with E-state index < -0.39 is 23.8 Å². The van der Waals surface area contributed by atoms with E-state index in [-0.39, 0.29) is 29.0 Å². The molecule has 2 aromatic rings. The number of carbonyl (C=O) groups is 4. The van der Waals surface area contributed by atoms with Crippen LogP contribution < -0.4 is 4.74 Å². The van der Waals surface area contributed by atoms with E-state index in [9.17, 15) is 19.2 Å². The van der Waals surface area contributed by atoms with Crippen molar-refractivity contribution >= 4 is 23.8 Å². The van der Waals surface area contributed by atoms with Crippen molar-refractivity contribution in [3.63, 3.8) is 0 Å². The van der Waals surface area contributed by atoms with Crippen LogP contribution in [0.4, 0.5) is 0 Å². The third kappa shape index (κ3) is 3.35. The van der Waals surface area contributed by atoms with Gasteiger partial charge in [0.15, 0.2) is 0 Å². The Morgan fingerprint density at radius 3 is 2.22 bits per heavy atom. The number of hydrogen-bond acceptors (Lipinski definition) is 6. The highest BCUT2D eigenvalue weighted by Gasteiger charge is 2.35. The number of fused-ring (bicyclic) bond motifs is 1. The average Bonchev–Trinajstić information content (AvgIpc) is 2.92. The minimum absolute atomic E-state index is 0.0959. The summed E-state index contributed by atoms with van der Waals surface area (Å²) < 4.78 is 9.85. The highest BCUT2D eigenvalue weighted by atomic mass is 16.5. The Kier molecular flexibility index (Phi) is 4.85. The van der Waals surface area contributed by atoms with Crippen LogP contribution in [-0.2, 0) is 4.74 Å². The minimum Gasteiger partial charge on any atom is -0.465 e. The SMILES string of the molecule is C=CCN1C(=O)c2ccc(C(=O)Oc3ccc(C(=O)OC)cc3)cc2C1=O. The van der Waals surface area contributed by atoms with Crippen molar-refractivity contribution in [3.05, 3.63) is 77.4 Å². The smallest absolute Gasteiger partial charge is 0.343 e. The second kappa shape index (κ2) is 7.25. The van der Waals surface area contributed by atoms with Gasteiger partial charge in [-0.2, -0.15) is 0 Å². The zero-order chi connectivity index (χ0) is 19.6. The second-order valence-electron chi connectivity index (χ2n) is 5.68. The molecule has 0 bridgehead atoms. The molecule has 1 heterocycles. The molecule has 7 nitrogen and oxygen atoms in total. The maximum Gasteiger partial charge on any atom is 0.343 e. The van der Waals surface area contributed by atoms with Gasteiger partial charge in [-0.15, -0.1) is 6.58 Å². The molecule has 1 aliphatic rings. The zero-order valence-corrected chi connectivity index (χ0v) is 14.4. The molecule has 0 aromatic heterocycles. The third-order valence-corrected chi connectivity index (χ3v) is 4.00. The molecule has 0 fully saturated rings. The summed E-state index contributed by atoms with van der Waals surface area (Å²) in [6.45, 7) is 3.62. The molecule has 136 valence electrons. The van der Waals surface area contributed by atoms with Gasteiger partial charge in [0.1, 0.15) is 5.75 Å². The van der Waals surface area contributed by atoms with Crippen LogP contribution in [0.25, 0.3) is 0 Å². The van der Waals surface area contributed by atoms with Crippen molar-refractivity contribution in [3.8, 4) is 5.75 Å². The van der Waals surface area contributed by atoms with Crippen LogP contribution in [0.5, 0.6) is 5.75 Å². The van der Waals surface area contributed by atoms with Crippen molar-refractivity contribution in [2.45, 2.75) is 0 Å². The van der Waals surface area contributed by atoms with Gasteiger partial charge in [0.05, 0.1) is 29.4 Å². The number of benzene rings is 2. The molecule has 7 heteroatoms. The van der Waals surface area contributed by atoms with Crippen LogP contribution in [0.2, 0.25) is 0 Å². The van der Waals surface area contributed by atoms with E-state index in [0.29, 0.717) is 5.56 Å². The molecule has 2 aromatic carbocycles. The molecule has 27 heavy (non-hydrogen) atoms. The van der Waals surface area contributed by atoms with Gasteiger partial charge in [0, 0.05) is 6.54 Å². The van der Waals surface area contributed by atoms with Crippen LogP contribution in [0.15, 0.2) is 55.1 Å². The maximum atomic E-state index is 12.3. The highest BCUT2D eigenvalue weighted by molar-refractivity contribution is 6.22.